The lowest BCUT2D eigenvalue weighted by Crippen LogP contribution is -1.98. The summed E-state index contributed by atoms with van der Waals surface area (Å²) in [5.41, 5.74) is 2.94. The molecule has 7 heteroatoms. The third-order valence-electron chi connectivity index (χ3n) is 3.52. The lowest BCUT2D eigenvalue weighted by Gasteiger charge is -1.97. The summed E-state index contributed by atoms with van der Waals surface area (Å²) in [4.78, 5) is 1.62. The summed E-state index contributed by atoms with van der Waals surface area (Å²) in [5, 5.41) is 17.5. The second-order valence-corrected chi connectivity index (χ2v) is 6.30. The van der Waals surface area contributed by atoms with Gasteiger partial charge in [0, 0.05) is 5.75 Å². The summed E-state index contributed by atoms with van der Waals surface area (Å²) >= 11 is 1.46. The molecule has 0 aliphatic heterocycles. The Kier molecular flexibility index (Phi) is 4.56. The smallest absolute Gasteiger partial charge is 0.276 e. The summed E-state index contributed by atoms with van der Waals surface area (Å²) in [7, 11) is 0. The summed E-state index contributed by atoms with van der Waals surface area (Å²) in [6, 6.07) is 19.9. The highest BCUT2D eigenvalue weighted by atomic mass is 32.2. The van der Waals surface area contributed by atoms with Gasteiger partial charge in [-0.05, 0) is 17.7 Å². The molecule has 25 heavy (non-hydrogen) atoms. The molecule has 6 nitrogen and oxygen atoms in total. The molecule has 0 spiro atoms. The van der Waals surface area contributed by atoms with E-state index in [2.05, 4.69) is 20.4 Å². The Hall–Kier alpha value is -2.93. The first-order valence-corrected chi connectivity index (χ1v) is 8.81. The Morgan fingerprint density at radius 3 is 2.48 bits per heavy atom. The second kappa shape index (κ2) is 7.31. The van der Waals surface area contributed by atoms with Gasteiger partial charge < -0.3 is 4.42 Å². The minimum Gasteiger partial charge on any atom is -0.416 e. The Labute approximate surface area is 148 Å². The fourth-order valence-corrected chi connectivity index (χ4v) is 2.98. The van der Waals surface area contributed by atoms with Gasteiger partial charge in [0.1, 0.15) is 0 Å². The zero-order valence-electron chi connectivity index (χ0n) is 13.3. The molecule has 0 unspecified atom stereocenters. The molecule has 2 aromatic carbocycles. The fourth-order valence-electron chi connectivity index (χ4n) is 2.32. The van der Waals surface area contributed by atoms with E-state index in [4.69, 9.17) is 4.42 Å². The first-order chi connectivity index (χ1) is 12.4. The van der Waals surface area contributed by atoms with Gasteiger partial charge >= 0.3 is 0 Å². The molecule has 4 aromatic rings. The summed E-state index contributed by atoms with van der Waals surface area (Å²) in [5.74, 6) is 1.24. The van der Waals surface area contributed by atoms with Gasteiger partial charge in [-0.3, -0.25) is 0 Å². The molecule has 0 saturated heterocycles. The molecule has 0 N–H and O–H groups in total. The predicted molar refractivity (Wildman–Crippen MR) is 94.5 cm³/mol. The standard InChI is InChI=1S/C18H15N5OS/c1-3-7-14(8-4-1)11-17-20-21-18(24-17)25-13-15-12-19-23(22-15)16-9-5-2-6-10-16/h1-10,12H,11,13H2. The molecule has 0 aliphatic rings. The normalized spacial score (nSPS) is 10.9. The number of benzene rings is 2. The maximum Gasteiger partial charge on any atom is 0.276 e. The maximum absolute atomic E-state index is 5.69. The van der Waals surface area contributed by atoms with Crippen LogP contribution < -0.4 is 0 Å². The highest BCUT2D eigenvalue weighted by Crippen LogP contribution is 2.21. The number of hydrogen-bond donors (Lipinski definition) is 0. The molecule has 124 valence electrons. The fraction of sp³-hybridized carbons (Fsp3) is 0.111. The third kappa shape index (κ3) is 3.95. The van der Waals surface area contributed by atoms with Gasteiger partial charge in [-0.25, -0.2) is 0 Å². The Morgan fingerprint density at radius 1 is 0.920 bits per heavy atom. The number of nitrogens with zero attached hydrogens (tertiary/aromatic N) is 5. The van der Waals surface area contributed by atoms with Crippen molar-refractivity contribution < 1.29 is 4.42 Å². The van der Waals surface area contributed by atoms with Gasteiger partial charge in [-0.15, -0.1) is 10.2 Å². The number of aromatic nitrogens is 5. The van der Waals surface area contributed by atoms with Gasteiger partial charge in [-0.2, -0.15) is 15.0 Å². The first kappa shape index (κ1) is 15.6. The molecule has 0 aliphatic carbocycles. The molecule has 2 heterocycles. The Morgan fingerprint density at radius 2 is 1.68 bits per heavy atom. The van der Waals surface area contributed by atoms with Crippen molar-refractivity contribution >= 4 is 11.8 Å². The van der Waals surface area contributed by atoms with Crippen LogP contribution in [0.1, 0.15) is 17.1 Å². The van der Waals surface area contributed by atoms with Crippen LogP contribution in [0.25, 0.3) is 5.69 Å². The van der Waals surface area contributed by atoms with E-state index in [-0.39, 0.29) is 0 Å². The average molecular weight is 349 g/mol. The minimum absolute atomic E-state index is 0.542. The van der Waals surface area contributed by atoms with E-state index in [1.54, 1.807) is 11.0 Å². The van der Waals surface area contributed by atoms with Crippen LogP contribution >= 0.6 is 11.8 Å². The van der Waals surface area contributed by atoms with Gasteiger partial charge in [0.15, 0.2) is 0 Å². The van der Waals surface area contributed by atoms with E-state index in [1.165, 1.54) is 11.8 Å². The predicted octanol–water partition coefficient (Wildman–Crippen LogP) is 3.53. The van der Waals surface area contributed by atoms with Crippen molar-refractivity contribution in [2.45, 2.75) is 17.4 Å². The van der Waals surface area contributed by atoms with Crippen LogP contribution in [0.4, 0.5) is 0 Å². The maximum atomic E-state index is 5.69. The molecular weight excluding hydrogens is 334 g/mol. The minimum atomic E-state index is 0.542. The van der Waals surface area contributed by atoms with E-state index < -0.39 is 0 Å². The van der Waals surface area contributed by atoms with E-state index in [9.17, 15) is 0 Å². The largest absolute Gasteiger partial charge is 0.416 e. The van der Waals surface area contributed by atoms with Crippen molar-refractivity contribution in [3.63, 3.8) is 0 Å². The molecule has 0 bridgehead atoms. The molecule has 0 fully saturated rings. The van der Waals surface area contributed by atoms with Crippen molar-refractivity contribution in [1.29, 1.82) is 0 Å². The van der Waals surface area contributed by atoms with Crippen LogP contribution in [0.3, 0.4) is 0 Å². The topological polar surface area (TPSA) is 69.6 Å². The van der Waals surface area contributed by atoms with Crippen LogP contribution in [0.15, 0.2) is 76.5 Å². The van der Waals surface area contributed by atoms with Crippen molar-refractivity contribution in [2.24, 2.45) is 0 Å². The van der Waals surface area contributed by atoms with Crippen LogP contribution in [-0.4, -0.2) is 25.2 Å². The Balaban J connectivity index is 1.37. The number of para-hydroxylation sites is 1. The zero-order chi connectivity index (χ0) is 16.9. The van der Waals surface area contributed by atoms with Gasteiger partial charge in [-0.1, -0.05) is 60.3 Å². The van der Waals surface area contributed by atoms with Crippen LogP contribution in [-0.2, 0) is 12.2 Å². The monoisotopic (exact) mass is 349 g/mol. The molecule has 0 amide bonds. The first-order valence-electron chi connectivity index (χ1n) is 7.82. The molecular formula is C18H15N5OS. The third-order valence-corrected chi connectivity index (χ3v) is 4.37. The lowest BCUT2D eigenvalue weighted by molar-refractivity contribution is 0.420. The number of rotatable bonds is 6. The number of hydrogen-bond acceptors (Lipinski definition) is 6. The molecule has 0 saturated carbocycles. The molecule has 2 aromatic heterocycles. The highest BCUT2D eigenvalue weighted by molar-refractivity contribution is 7.98. The zero-order valence-corrected chi connectivity index (χ0v) is 14.1. The van der Waals surface area contributed by atoms with Gasteiger partial charge in [0.05, 0.1) is 24.0 Å². The van der Waals surface area contributed by atoms with Crippen LogP contribution in [0.2, 0.25) is 0 Å². The summed E-state index contributed by atoms with van der Waals surface area (Å²) in [6.45, 7) is 0. The van der Waals surface area contributed by atoms with E-state index in [0.29, 0.717) is 23.3 Å². The lowest BCUT2D eigenvalue weighted by atomic mass is 10.2. The average Bonchev–Trinajstić information content (AvgIpc) is 3.31. The van der Waals surface area contributed by atoms with E-state index in [0.717, 1.165) is 16.9 Å². The van der Waals surface area contributed by atoms with Crippen molar-refractivity contribution in [1.82, 2.24) is 25.2 Å². The Bertz CT molecular complexity index is 936. The van der Waals surface area contributed by atoms with Gasteiger partial charge in [0.25, 0.3) is 5.22 Å². The van der Waals surface area contributed by atoms with Crippen molar-refractivity contribution in [3.05, 3.63) is 84.0 Å². The summed E-state index contributed by atoms with van der Waals surface area (Å²) in [6.07, 6.45) is 2.39. The SMILES string of the molecule is c1ccc(Cc2nnc(SCc3cnn(-c4ccccc4)n3)o2)cc1. The molecule has 0 radical (unpaired) electrons. The van der Waals surface area contributed by atoms with E-state index >= 15 is 0 Å². The summed E-state index contributed by atoms with van der Waals surface area (Å²) < 4.78 is 5.69. The second-order valence-electron chi connectivity index (χ2n) is 5.37. The van der Waals surface area contributed by atoms with E-state index in [1.807, 2.05) is 60.7 Å². The van der Waals surface area contributed by atoms with Crippen LogP contribution in [0, 0.1) is 0 Å². The van der Waals surface area contributed by atoms with Gasteiger partial charge in [0.2, 0.25) is 5.89 Å². The van der Waals surface area contributed by atoms with Crippen molar-refractivity contribution in [3.8, 4) is 5.69 Å². The highest BCUT2D eigenvalue weighted by Gasteiger charge is 2.09. The van der Waals surface area contributed by atoms with Crippen molar-refractivity contribution in [2.75, 3.05) is 0 Å². The number of thioether (sulfide) groups is 1. The quantitative estimate of drug-likeness (QED) is 0.496. The molecule has 4 rings (SSSR count). The van der Waals surface area contributed by atoms with Crippen LogP contribution in [0.5, 0.6) is 0 Å². The molecule has 0 atom stereocenters.